The van der Waals surface area contributed by atoms with Crippen molar-refractivity contribution in [3.8, 4) is 0 Å². The molecule has 0 radical (unpaired) electrons. The molecule has 84 valence electrons. The van der Waals surface area contributed by atoms with Gasteiger partial charge in [-0.3, -0.25) is 0 Å². The van der Waals surface area contributed by atoms with Crippen LogP contribution in [0.2, 0.25) is 0 Å². The smallest absolute Gasteiger partial charge is 0.00387 e. The standard InChI is InChI=1S/C12H26N2/c1-4-13-8-5-9-14(11(2)3)10-12-6-7-12/h11-13H,4-10H2,1-3H3. The molecule has 2 heteroatoms. The van der Waals surface area contributed by atoms with Gasteiger partial charge in [0.2, 0.25) is 0 Å². The van der Waals surface area contributed by atoms with E-state index in [-0.39, 0.29) is 0 Å². The Morgan fingerprint density at radius 2 is 2.07 bits per heavy atom. The molecule has 1 saturated carbocycles. The van der Waals surface area contributed by atoms with E-state index in [4.69, 9.17) is 0 Å². The van der Waals surface area contributed by atoms with Gasteiger partial charge in [0.1, 0.15) is 0 Å². The highest BCUT2D eigenvalue weighted by Crippen LogP contribution is 2.30. The van der Waals surface area contributed by atoms with E-state index in [0.717, 1.165) is 18.5 Å². The summed E-state index contributed by atoms with van der Waals surface area (Å²) in [7, 11) is 0. The van der Waals surface area contributed by atoms with Gasteiger partial charge in [0, 0.05) is 12.6 Å². The lowest BCUT2D eigenvalue weighted by Crippen LogP contribution is -2.35. The molecule has 0 aliphatic heterocycles. The molecule has 0 spiro atoms. The quantitative estimate of drug-likeness (QED) is 0.601. The van der Waals surface area contributed by atoms with Crippen LogP contribution in [0.4, 0.5) is 0 Å². The first kappa shape index (κ1) is 12.0. The average Bonchev–Trinajstić information content (AvgIpc) is 2.93. The SMILES string of the molecule is CCNCCCN(CC1CC1)C(C)C. The van der Waals surface area contributed by atoms with E-state index in [1.807, 2.05) is 0 Å². The van der Waals surface area contributed by atoms with Crippen LogP contribution in [-0.2, 0) is 0 Å². The lowest BCUT2D eigenvalue weighted by Gasteiger charge is -2.26. The van der Waals surface area contributed by atoms with E-state index in [1.165, 1.54) is 38.9 Å². The van der Waals surface area contributed by atoms with Crippen molar-refractivity contribution in [1.82, 2.24) is 10.2 Å². The molecule has 0 bridgehead atoms. The molecular weight excluding hydrogens is 172 g/mol. The molecule has 1 aliphatic carbocycles. The van der Waals surface area contributed by atoms with Crippen molar-refractivity contribution in [3.63, 3.8) is 0 Å². The average molecular weight is 198 g/mol. The van der Waals surface area contributed by atoms with Gasteiger partial charge in [-0.2, -0.15) is 0 Å². The molecule has 0 unspecified atom stereocenters. The lowest BCUT2D eigenvalue weighted by molar-refractivity contribution is 0.209. The van der Waals surface area contributed by atoms with E-state index in [1.54, 1.807) is 0 Å². The Morgan fingerprint density at radius 1 is 1.36 bits per heavy atom. The van der Waals surface area contributed by atoms with E-state index in [9.17, 15) is 0 Å². The van der Waals surface area contributed by atoms with E-state index in [2.05, 4.69) is 31.0 Å². The highest BCUT2D eigenvalue weighted by atomic mass is 15.1. The Hall–Kier alpha value is -0.0800. The third-order valence-electron chi connectivity index (χ3n) is 2.97. The van der Waals surface area contributed by atoms with Crippen LogP contribution in [-0.4, -0.2) is 37.1 Å². The number of rotatable bonds is 8. The Labute approximate surface area is 89.1 Å². The number of hydrogen-bond acceptors (Lipinski definition) is 2. The molecule has 0 saturated heterocycles. The molecule has 1 fully saturated rings. The summed E-state index contributed by atoms with van der Waals surface area (Å²) in [5.74, 6) is 1.02. The maximum absolute atomic E-state index is 3.38. The van der Waals surface area contributed by atoms with E-state index in [0.29, 0.717) is 0 Å². The molecule has 0 aromatic heterocycles. The normalized spacial score (nSPS) is 16.9. The summed E-state index contributed by atoms with van der Waals surface area (Å²) in [6, 6.07) is 0.720. The van der Waals surface area contributed by atoms with Crippen LogP contribution in [0.3, 0.4) is 0 Å². The van der Waals surface area contributed by atoms with E-state index < -0.39 is 0 Å². The summed E-state index contributed by atoms with van der Waals surface area (Å²) in [6.07, 6.45) is 4.23. The molecule has 0 heterocycles. The molecule has 0 amide bonds. The van der Waals surface area contributed by atoms with Crippen molar-refractivity contribution < 1.29 is 0 Å². The number of nitrogens with one attached hydrogen (secondary N) is 1. The van der Waals surface area contributed by atoms with Crippen molar-refractivity contribution in [2.75, 3.05) is 26.2 Å². The second-order valence-corrected chi connectivity index (χ2v) is 4.74. The first-order valence-electron chi connectivity index (χ1n) is 6.18. The second kappa shape index (κ2) is 6.41. The highest BCUT2D eigenvalue weighted by Gasteiger charge is 2.24. The van der Waals surface area contributed by atoms with Gasteiger partial charge in [-0.15, -0.1) is 0 Å². The molecule has 2 nitrogen and oxygen atoms in total. The predicted molar refractivity (Wildman–Crippen MR) is 62.6 cm³/mol. The molecular formula is C12H26N2. The lowest BCUT2D eigenvalue weighted by atomic mass is 10.2. The van der Waals surface area contributed by atoms with Gasteiger partial charge in [-0.25, -0.2) is 0 Å². The van der Waals surface area contributed by atoms with Crippen LogP contribution in [0.25, 0.3) is 0 Å². The van der Waals surface area contributed by atoms with Gasteiger partial charge in [0.25, 0.3) is 0 Å². The van der Waals surface area contributed by atoms with Crippen LogP contribution in [0.15, 0.2) is 0 Å². The molecule has 0 aromatic rings. The fourth-order valence-corrected chi connectivity index (χ4v) is 1.78. The van der Waals surface area contributed by atoms with Gasteiger partial charge in [-0.05, 0) is 58.7 Å². The zero-order valence-electron chi connectivity index (χ0n) is 10.1. The maximum atomic E-state index is 3.38. The van der Waals surface area contributed by atoms with Gasteiger partial charge in [0.15, 0.2) is 0 Å². The summed E-state index contributed by atoms with van der Waals surface area (Å²) < 4.78 is 0. The van der Waals surface area contributed by atoms with Crippen LogP contribution in [0.5, 0.6) is 0 Å². The predicted octanol–water partition coefficient (Wildman–Crippen LogP) is 2.11. The largest absolute Gasteiger partial charge is 0.317 e. The minimum Gasteiger partial charge on any atom is -0.317 e. The molecule has 0 aromatic carbocycles. The molecule has 1 aliphatic rings. The Balaban J connectivity index is 2.07. The van der Waals surface area contributed by atoms with Crippen LogP contribution >= 0.6 is 0 Å². The van der Waals surface area contributed by atoms with Crippen LogP contribution in [0, 0.1) is 5.92 Å². The summed E-state index contributed by atoms with van der Waals surface area (Å²) in [6.45, 7) is 11.7. The summed E-state index contributed by atoms with van der Waals surface area (Å²) >= 11 is 0. The van der Waals surface area contributed by atoms with Crippen molar-refractivity contribution in [2.24, 2.45) is 5.92 Å². The fraction of sp³-hybridized carbons (Fsp3) is 1.00. The third-order valence-corrected chi connectivity index (χ3v) is 2.97. The molecule has 14 heavy (non-hydrogen) atoms. The highest BCUT2D eigenvalue weighted by molar-refractivity contribution is 4.78. The molecule has 1 N–H and O–H groups in total. The topological polar surface area (TPSA) is 15.3 Å². The van der Waals surface area contributed by atoms with Crippen LogP contribution in [0.1, 0.15) is 40.0 Å². The van der Waals surface area contributed by atoms with Crippen molar-refractivity contribution in [3.05, 3.63) is 0 Å². The van der Waals surface area contributed by atoms with Gasteiger partial charge in [-0.1, -0.05) is 6.92 Å². The molecule has 1 rings (SSSR count). The first-order valence-corrected chi connectivity index (χ1v) is 6.18. The van der Waals surface area contributed by atoms with Gasteiger partial charge < -0.3 is 10.2 Å². The zero-order valence-corrected chi connectivity index (χ0v) is 10.1. The Kier molecular flexibility index (Phi) is 5.49. The monoisotopic (exact) mass is 198 g/mol. The second-order valence-electron chi connectivity index (χ2n) is 4.74. The minimum absolute atomic E-state index is 0.720. The fourth-order valence-electron chi connectivity index (χ4n) is 1.78. The summed E-state index contributed by atoms with van der Waals surface area (Å²) in [5, 5.41) is 3.38. The Bertz CT molecular complexity index is 141. The zero-order chi connectivity index (χ0) is 10.4. The van der Waals surface area contributed by atoms with Gasteiger partial charge >= 0.3 is 0 Å². The first-order chi connectivity index (χ1) is 6.74. The van der Waals surface area contributed by atoms with Gasteiger partial charge in [0.05, 0.1) is 0 Å². The van der Waals surface area contributed by atoms with Crippen molar-refractivity contribution in [2.45, 2.75) is 46.1 Å². The minimum atomic E-state index is 0.720. The Morgan fingerprint density at radius 3 is 2.57 bits per heavy atom. The molecule has 0 atom stereocenters. The van der Waals surface area contributed by atoms with Crippen molar-refractivity contribution >= 4 is 0 Å². The summed E-state index contributed by atoms with van der Waals surface area (Å²) in [4.78, 5) is 2.63. The number of hydrogen-bond donors (Lipinski definition) is 1. The van der Waals surface area contributed by atoms with E-state index >= 15 is 0 Å². The number of nitrogens with zero attached hydrogens (tertiary/aromatic N) is 1. The van der Waals surface area contributed by atoms with Crippen molar-refractivity contribution in [1.29, 1.82) is 0 Å². The summed E-state index contributed by atoms with van der Waals surface area (Å²) in [5.41, 5.74) is 0. The third kappa shape index (κ3) is 4.97. The maximum Gasteiger partial charge on any atom is 0.00387 e. The van der Waals surface area contributed by atoms with Crippen LogP contribution < -0.4 is 5.32 Å².